The molecule has 12 nitrogen and oxygen atoms in total. The van der Waals surface area contributed by atoms with Crippen molar-refractivity contribution in [2.24, 2.45) is 23.3 Å². The number of nitrogens with two attached hydrogens (primary N) is 2. The van der Waals surface area contributed by atoms with Gasteiger partial charge in [-0.15, -0.1) is 0 Å². The summed E-state index contributed by atoms with van der Waals surface area (Å²) in [7, 11) is 0. The van der Waals surface area contributed by atoms with Crippen LogP contribution >= 0.6 is 0 Å². The van der Waals surface area contributed by atoms with Gasteiger partial charge in [0.05, 0.1) is 6.10 Å². The highest BCUT2D eigenvalue weighted by Crippen LogP contribution is 2.08. The molecule has 9 N–H and O–H groups in total. The minimum Gasteiger partial charge on any atom is -0.480 e. The molecule has 0 aromatic heterocycles. The Bertz CT molecular complexity index is 681. The molecule has 0 aliphatic carbocycles. The van der Waals surface area contributed by atoms with E-state index in [-0.39, 0.29) is 25.2 Å². The molecular weight excluding hydrogens is 422 g/mol. The number of aliphatic carboxylic acids is 1. The number of primary amides is 1. The second-order valence-corrected chi connectivity index (χ2v) is 8.59. The van der Waals surface area contributed by atoms with Crippen molar-refractivity contribution in [3.05, 3.63) is 0 Å². The summed E-state index contributed by atoms with van der Waals surface area (Å²) in [5.41, 5.74) is 10.7. The quantitative estimate of drug-likeness (QED) is 0.157. The minimum atomic E-state index is -1.26. The van der Waals surface area contributed by atoms with Crippen LogP contribution in [0, 0.1) is 11.8 Å². The van der Waals surface area contributed by atoms with Crippen LogP contribution in [0.25, 0.3) is 0 Å². The lowest BCUT2D eigenvalue weighted by Gasteiger charge is -2.27. The molecule has 0 rings (SSSR count). The van der Waals surface area contributed by atoms with Gasteiger partial charge in [0.25, 0.3) is 0 Å². The molecule has 0 spiro atoms. The zero-order chi connectivity index (χ0) is 25.2. The molecule has 0 heterocycles. The van der Waals surface area contributed by atoms with Crippen molar-refractivity contribution in [3.8, 4) is 0 Å². The Morgan fingerprint density at radius 1 is 0.844 bits per heavy atom. The molecule has 0 aliphatic rings. The van der Waals surface area contributed by atoms with Crippen LogP contribution in [0.2, 0.25) is 0 Å². The van der Waals surface area contributed by atoms with Crippen LogP contribution in [0.1, 0.15) is 53.9 Å². The van der Waals surface area contributed by atoms with E-state index in [1.807, 2.05) is 0 Å². The SMILES string of the molecule is CC(C)C[C@H](NC(=O)[C@H](CCC(N)=O)NC(=O)[C@@H](NC(=O)[C@@H](N)[C@@H](C)O)C(C)C)C(=O)O. The summed E-state index contributed by atoms with van der Waals surface area (Å²) in [6.07, 6.45) is -1.37. The van der Waals surface area contributed by atoms with E-state index in [1.165, 1.54) is 6.92 Å². The highest BCUT2D eigenvalue weighted by molar-refractivity contribution is 5.94. The van der Waals surface area contributed by atoms with Crippen LogP contribution in [-0.4, -0.2) is 70.1 Å². The number of carbonyl (C=O) groups is 5. The van der Waals surface area contributed by atoms with Crippen molar-refractivity contribution in [1.29, 1.82) is 0 Å². The van der Waals surface area contributed by atoms with Gasteiger partial charge in [-0.25, -0.2) is 4.79 Å². The van der Waals surface area contributed by atoms with E-state index < -0.39 is 65.8 Å². The lowest BCUT2D eigenvalue weighted by atomic mass is 10.0. The molecule has 0 fully saturated rings. The first-order chi connectivity index (χ1) is 14.7. The van der Waals surface area contributed by atoms with Gasteiger partial charge in [0.1, 0.15) is 24.2 Å². The summed E-state index contributed by atoms with van der Waals surface area (Å²) in [6.45, 7) is 8.22. The summed E-state index contributed by atoms with van der Waals surface area (Å²) in [4.78, 5) is 60.4. The minimum absolute atomic E-state index is 0.0197. The van der Waals surface area contributed by atoms with Crippen LogP contribution in [0.5, 0.6) is 0 Å². The Labute approximate surface area is 187 Å². The van der Waals surface area contributed by atoms with Crippen molar-refractivity contribution in [2.75, 3.05) is 0 Å². The van der Waals surface area contributed by atoms with Crippen LogP contribution in [-0.2, 0) is 24.0 Å². The van der Waals surface area contributed by atoms with E-state index in [1.54, 1.807) is 27.7 Å². The molecule has 5 atom stereocenters. The van der Waals surface area contributed by atoms with Crippen molar-refractivity contribution in [2.45, 2.75) is 84.2 Å². The van der Waals surface area contributed by atoms with Crippen LogP contribution in [0.4, 0.5) is 0 Å². The second kappa shape index (κ2) is 13.6. The fourth-order valence-corrected chi connectivity index (χ4v) is 2.79. The number of carbonyl (C=O) groups excluding carboxylic acids is 4. The van der Waals surface area contributed by atoms with Gasteiger partial charge in [-0.1, -0.05) is 27.7 Å². The number of aliphatic hydroxyl groups excluding tert-OH is 1. The van der Waals surface area contributed by atoms with Crippen LogP contribution < -0.4 is 27.4 Å². The molecule has 0 aliphatic heterocycles. The lowest BCUT2D eigenvalue weighted by Crippen LogP contribution is -2.59. The lowest BCUT2D eigenvalue weighted by molar-refractivity contribution is -0.143. The van der Waals surface area contributed by atoms with E-state index in [0.29, 0.717) is 0 Å². The van der Waals surface area contributed by atoms with Crippen LogP contribution in [0.15, 0.2) is 0 Å². The number of aliphatic hydroxyl groups is 1. The summed E-state index contributed by atoms with van der Waals surface area (Å²) in [5.74, 6) is -4.64. The van der Waals surface area contributed by atoms with Crippen molar-refractivity contribution in [3.63, 3.8) is 0 Å². The number of rotatable bonds is 14. The average Bonchev–Trinajstić information content (AvgIpc) is 2.66. The van der Waals surface area contributed by atoms with Crippen molar-refractivity contribution >= 4 is 29.6 Å². The van der Waals surface area contributed by atoms with Crippen molar-refractivity contribution < 1.29 is 34.2 Å². The first-order valence-corrected chi connectivity index (χ1v) is 10.5. The van der Waals surface area contributed by atoms with Gasteiger partial charge in [0.15, 0.2) is 0 Å². The Kier molecular flexibility index (Phi) is 12.5. The number of carboxylic acid groups (broad SMARTS) is 1. The van der Waals surface area contributed by atoms with E-state index in [4.69, 9.17) is 11.5 Å². The molecule has 12 heteroatoms. The largest absolute Gasteiger partial charge is 0.480 e. The number of nitrogens with one attached hydrogen (secondary N) is 3. The molecule has 184 valence electrons. The fraction of sp³-hybridized carbons (Fsp3) is 0.750. The molecular formula is C20H37N5O7. The molecule has 0 saturated heterocycles. The van der Waals surface area contributed by atoms with Gasteiger partial charge in [-0.05, 0) is 31.6 Å². The van der Waals surface area contributed by atoms with Crippen LogP contribution in [0.3, 0.4) is 0 Å². The maximum absolute atomic E-state index is 12.8. The molecule has 0 bridgehead atoms. The molecule has 0 aromatic carbocycles. The molecule has 32 heavy (non-hydrogen) atoms. The predicted octanol–water partition coefficient (Wildman–Crippen LogP) is -1.80. The van der Waals surface area contributed by atoms with Crippen molar-refractivity contribution in [1.82, 2.24) is 16.0 Å². The Morgan fingerprint density at radius 2 is 1.38 bits per heavy atom. The third-order valence-corrected chi connectivity index (χ3v) is 4.70. The fourth-order valence-electron chi connectivity index (χ4n) is 2.79. The first-order valence-electron chi connectivity index (χ1n) is 10.5. The topological polar surface area (TPSA) is 214 Å². The van der Waals surface area contributed by atoms with Gasteiger partial charge in [-0.3, -0.25) is 19.2 Å². The summed E-state index contributed by atoms with van der Waals surface area (Å²) in [6, 6.07) is -4.79. The zero-order valence-electron chi connectivity index (χ0n) is 19.3. The molecule has 4 amide bonds. The molecule has 0 unspecified atom stereocenters. The summed E-state index contributed by atoms with van der Waals surface area (Å²) < 4.78 is 0. The molecule has 0 radical (unpaired) electrons. The number of carboxylic acids is 1. The Balaban J connectivity index is 5.52. The maximum atomic E-state index is 12.8. The average molecular weight is 460 g/mol. The predicted molar refractivity (Wildman–Crippen MR) is 116 cm³/mol. The third kappa shape index (κ3) is 10.5. The second-order valence-electron chi connectivity index (χ2n) is 8.59. The van der Waals surface area contributed by atoms with Gasteiger partial charge < -0.3 is 37.6 Å². The Hall–Kier alpha value is -2.73. The monoisotopic (exact) mass is 459 g/mol. The van der Waals surface area contributed by atoms with E-state index in [0.717, 1.165) is 0 Å². The normalized spacial score (nSPS) is 15.9. The smallest absolute Gasteiger partial charge is 0.326 e. The van der Waals surface area contributed by atoms with Gasteiger partial charge in [0.2, 0.25) is 23.6 Å². The van der Waals surface area contributed by atoms with Gasteiger partial charge in [-0.2, -0.15) is 0 Å². The number of hydrogen-bond acceptors (Lipinski definition) is 7. The zero-order valence-corrected chi connectivity index (χ0v) is 19.3. The van der Waals surface area contributed by atoms with E-state index in [2.05, 4.69) is 16.0 Å². The summed E-state index contributed by atoms with van der Waals surface area (Å²) >= 11 is 0. The van der Waals surface area contributed by atoms with E-state index >= 15 is 0 Å². The first kappa shape index (κ1) is 29.3. The standard InChI is InChI=1S/C20H37N5O7/c1-9(2)8-13(20(31)32)24-17(28)12(6-7-14(21)27)23-19(30)16(10(3)4)25-18(29)15(22)11(5)26/h9-13,15-16,26H,6-8,22H2,1-5H3,(H2,21,27)(H,23,30)(H,24,28)(H,25,29)(H,31,32)/t11-,12+,13+,15+,16+/m1/s1. The van der Waals surface area contributed by atoms with Gasteiger partial charge in [0, 0.05) is 6.42 Å². The third-order valence-electron chi connectivity index (χ3n) is 4.70. The summed E-state index contributed by atoms with van der Waals surface area (Å²) in [5, 5.41) is 26.1. The number of amides is 4. The molecule has 0 saturated carbocycles. The maximum Gasteiger partial charge on any atom is 0.326 e. The van der Waals surface area contributed by atoms with E-state index in [9.17, 15) is 34.2 Å². The highest BCUT2D eigenvalue weighted by Gasteiger charge is 2.32. The van der Waals surface area contributed by atoms with Gasteiger partial charge >= 0.3 is 5.97 Å². The number of hydrogen-bond donors (Lipinski definition) is 7. The highest BCUT2D eigenvalue weighted by atomic mass is 16.4. The Morgan fingerprint density at radius 3 is 1.78 bits per heavy atom. The molecule has 0 aromatic rings.